The highest BCUT2D eigenvalue weighted by Crippen LogP contribution is 2.30. The third-order valence-corrected chi connectivity index (χ3v) is 4.80. The number of rotatable bonds is 6. The highest BCUT2D eigenvalue weighted by Gasteiger charge is 2.19. The topological polar surface area (TPSA) is 35.9 Å². The quantitative estimate of drug-likeness (QED) is 0.803. The van der Waals surface area contributed by atoms with Crippen LogP contribution in [-0.4, -0.2) is 43.3 Å². The second-order valence-corrected chi connectivity index (χ2v) is 6.53. The lowest BCUT2D eigenvalue weighted by molar-refractivity contribution is 0.246. The molecule has 0 atom stereocenters. The smallest absolute Gasteiger partial charge is 0.123 e. The molecule has 2 aromatic rings. The molecule has 4 nitrogen and oxygen atoms in total. The van der Waals surface area contributed by atoms with E-state index in [0.29, 0.717) is 18.7 Å². The molecule has 0 aliphatic carbocycles. The summed E-state index contributed by atoms with van der Waals surface area (Å²) >= 11 is 0. The number of piperazine rings is 1. The molecule has 1 aliphatic heterocycles. The number of aromatic hydroxyl groups is 1. The summed E-state index contributed by atoms with van der Waals surface area (Å²) in [6.45, 7) is 7.92. The molecule has 0 spiro atoms. The first-order valence-corrected chi connectivity index (χ1v) is 8.83. The summed E-state index contributed by atoms with van der Waals surface area (Å²) in [6, 6.07) is 10.4. The maximum Gasteiger partial charge on any atom is 0.123 e. The van der Waals surface area contributed by atoms with Gasteiger partial charge in [0.25, 0.3) is 0 Å². The van der Waals surface area contributed by atoms with E-state index in [0.717, 1.165) is 48.7 Å². The standard InChI is InChI=1S/C21H25FN2O2/c1-3-4-16-13-20(26-2)14-17(21(16)25)15-23-9-11-24(12-10-23)19-7-5-18(22)6-8-19/h3,5-8,13-14,25H,1,4,9-12,15H2,2H3. The van der Waals surface area contributed by atoms with Crippen LogP contribution in [0.3, 0.4) is 0 Å². The minimum absolute atomic E-state index is 0.212. The highest BCUT2D eigenvalue weighted by atomic mass is 19.1. The van der Waals surface area contributed by atoms with Crippen molar-refractivity contribution in [2.45, 2.75) is 13.0 Å². The van der Waals surface area contributed by atoms with Gasteiger partial charge in [0.2, 0.25) is 0 Å². The summed E-state index contributed by atoms with van der Waals surface area (Å²) < 4.78 is 18.4. The van der Waals surface area contributed by atoms with E-state index in [1.54, 1.807) is 13.2 Å². The Hall–Kier alpha value is -2.53. The normalized spacial score (nSPS) is 15.1. The van der Waals surface area contributed by atoms with Crippen molar-refractivity contribution in [1.29, 1.82) is 0 Å². The average Bonchev–Trinajstić information content (AvgIpc) is 2.66. The van der Waals surface area contributed by atoms with Gasteiger partial charge in [-0.3, -0.25) is 4.90 Å². The van der Waals surface area contributed by atoms with Crippen LogP contribution in [0.4, 0.5) is 10.1 Å². The van der Waals surface area contributed by atoms with E-state index >= 15 is 0 Å². The Balaban J connectivity index is 1.66. The van der Waals surface area contributed by atoms with Crippen molar-refractivity contribution in [3.05, 3.63) is 66.0 Å². The minimum atomic E-state index is -0.212. The summed E-state index contributed by atoms with van der Waals surface area (Å²) in [5, 5.41) is 10.6. The highest BCUT2D eigenvalue weighted by molar-refractivity contribution is 5.48. The lowest BCUT2D eigenvalue weighted by atomic mass is 10.0. The monoisotopic (exact) mass is 356 g/mol. The van der Waals surface area contributed by atoms with E-state index < -0.39 is 0 Å². The van der Waals surface area contributed by atoms with Crippen molar-refractivity contribution < 1.29 is 14.2 Å². The molecule has 0 unspecified atom stereocenters. The molecule has 2 aromatic carbocycles. The molecule has 5 heteroatoms. The van der Waals surface area contributed by atoms with Crippen molar-refractivity contribution in [3.8, 4) is 11.5 Å². The number of hydrogen-bond acceptors (Lipinski definition) is 4. The number of methoxy groups -OCH3 is 1. The van der Waals surface area contributed by atoms with Gasteiger partial charge in [-0.15, -0.1) is 6.58 Å². The van der Waals surface area contributed by atoms with Gasteiger partial charge in [0.05, 0.1) is 7.11 Å². The molecular formula is C21H25FN2O2. The molecule has 138 valence electrons. The van der Waals surface area contributed by atoms with Gasteiger partial charge in [-0.2, -0.15) is 0 Å². The first kappa shape index (κ1) is 18.3. The van der Waals surface area contributed by atoms with Crippen LogP contribution in [0.15, 0.2) is 49.1 Å². The lowest BCUT2D eigenvalue weighted by Gasteiger charge is -2.36. The number of hydrogen-bond donors (Lipinski definition) is 1. The Kier molecular flexibility index (Phi) is 5.78. The lowest BCUT2D eigenvalue weighted by Crippen LogP contribution is -2.46. The van der Waals surface area contributed by atoms with E-state index in [4.69, 9.17) is 4.74 Å². The molecule has 1 fully saturated rings. The van der Waals surface area contributed by atoms with Gasteiger partial charge in [0.1, 0.15) is 17.3 Å². The Bertz CT molecular complexity index is 753. The molecule has 26 heavy (non-hydrogen) atoms. The van der Waals surface area contributed by atoms with E-state index in [1.807, 2.05) is 24.3 Å². The molecule has 0 radical (unpaired) electrons. The Morgan fingerprint density at radius 2 is 1.77 bits per heavy atom. The molecule has 3 rings (SSSR count). The van der Waals surface area contributed by atoms with Gasteiger partial charge < -0.3 is 14.7 Å². The van der Waals surface area contributed by atoms with Crippen LogP contribution in [0, 0.1) is 5.82 Å². The first-order chi connectivity index (χ1) is 12.6. The van der Waals surface area contributed by atoms with Gasteiger partial charge >= 0.3 is 0 Å². The van der Waals surface area contributed by atoms with E-state index in [9.17, 15) is 9.50 Å². The largest absolute Gasteiger partial charge is 0.507 e. The summed E-state index contributed by atoms with van der Waals surface area (Å²) in [5.74, 6) is 0.863. The summed E-state index contributed by atoms with van der Waals surface area (Å²) in [7, 11) is 1.63. The second-order valence-electron chi connectivity index (χ2n) is 6.53. The zero-order chi connectivity index (χ0) is 18.5. The fourth-order valence-electron chi connectivity index (χ4n) is 3.33. The number of benzene rings is 2. The van der Waals surface area contributed by atoms with Gasteiger partial charge in [-0.25, -0.2) is 4.39 Å². The SMILES string of the molecule is C=CCc1cc(OC)cc(CN2CCN(c3ccc(F)cc3)CC2)c1O. The van der Waals surface area contributed by atoms with Gasteiger partial charge in [0, 0.05) is 49.5 Å². The average molecular weight is 356 g/mol. The third-order valence-electron chi connectivity index (χ3n) is 4.80. The van der Waals surface area contributed by atoms with E-state index in [2.05, 4.69) is 16.4 Å². The maximum atomic E-state index is 13.1. The molecule has 1 N–H and O–H groups in total. The molecule has 0 aromatic heterocycles. The summed E-state index contributed by atoms with van der Waals surface area (Å²) in [5.41, 5.74) is 2.75. The zero-order valence-electron chi connectivity index (χ0n) is 15.1. The Morgan fingerprint density at radius 1 is 1.12 bits per heavy atom. The zero-order valence-corrected chi connectivity index (χ0v) is 15.1. The van der Waals surface area contributed by atoms with Crippen LogP contribution < -0.4 is 9.64 Å². The van der Waals surface area contributed by atoms with Gasteiger partial charge in [-0.1, -0.05) is 6.08 Å². The molecular weight excluding hydrogens is 331 g/mol. The molecule has 0 bridgehead atoms. The number of phenolic OH excluding ortho intramolecular Hbond substituents is 1. The van der Waals surface area contributed by atoms with Crippen molar-refractivity contribution in [2.24, 2.45) is 0 Å². The Labute approximate surface area is 154 Å². The minimum Gasteiger partial charge on any atom is -0.507 e. The van der Waals surface area contributed by atoms with Crippen molar-refractivity contribution in [3.63, 3.8) is 0 Å². The van der Waals surface area contributed by atoms with Crippen LogP contribution in [0.2, 0.25) is 0 Å². The molecule has 0 saturated carbocycles. The van der Waals surface area contributed by atoms with E-state index in [-0.39, 0.29) is 5.82 Å². The maximum absolute atomic E-state index is 13.1. The number of halogens is 1. The van der Waals surface area contributed by atoms with Crippen LogP contribution >= 0.6 is 0 Å². The predicted octanol–water partition coefficient (Wildman–Crippen LogP) is 3.59. The van der Waals surface area contributed by atoms with E-state index in [1.165, 1.54) is 12.1 Å². The van der Waals surface area contributed by atoms with Gasteiger partial charge in [-0.05, 0) is 42.8 Å². The van der Waals surface area contributed by atoms with Gasteiger partial charge in [0.15, 0.2) is 0 Å². The summed E-state index contributed by atoms with van der Waals surface area (Å²) in [6.07, 6.45) is 2.38. The molecule has 0 amide bonds. The number of phenols is 1. The molecule has 1 saturated heterocycles. The number of ether oxygens (including phenoxy) is 1. The number of anilines is 1. The van der Waals surface area contributed by atoms with Crippen LogP contribution in [0.5, 0.6) is 11.5 Å². The molecule has 1 heterocycles. The van der Waals surface area contributed by atoms with Crippen LogP contribution in [0.1, 0.15) is 11.1 Å². The van der Waals surface area contributed by atoms with Crippen molar-refractivity contribution in [2.75, 3.05) is 38.2 Å². The Morgan fingerprint density at radius 3 is 2.38 bits per heavy atom. The van der Waals surface area contributed by atoms with Crippen LogP contribution in [0.25, 0.3) is 0 Å². The number of nitrogens with zero attached hydrogens (tertiary/aromatic N) is 2. The fraction of sp³-hybridized carbons (Fsp3) is 0.333. The molecule has 1 aliphatic rings. The first-order valence-electron chi connectivity index (χ1n) is 8.83. The fourth-order valence-corrected chi connectivity index (χ4v) is 3.33. The summed E-state index contributed by atoms with van der Waals surface area (Å²) in [4.78, 5) is 4.57. The van der Waals surface area contributed by atoms with Crippen molar-refractivity contribution in [1.82, 2.24) is 4.90 Å². The number of allylic oxidation sites excluding steroid dienone is 1. The predicted molar refractivity (Wildman–Crippen MR) is 102 cm³/mol. The second kappa shape index (κ2) is 8.23. The van der Waals surface area contributed by atoms with Crippen LogP contribution in [-0.2, 0) is 13.0 Å². The van der Waals surface area contributed by atoms with Crippen molar-refractivity contribution >= 4 is 5.69 Å². The third kappa shape index (κ3) is 4.17.